The molecular formula is C16H20N2O2. The summed E-state index contributed by atoms with van der Waals surface area (Å²) in [5.74, 6) is 0.847. The summed E-state index contributed by atoms with van der Waals surface area (Å²) in [6.45, 7) is 4.38. The first-order chi connectivity index (χ1) is 9.58. The van der Waals surface area contributed by atoms with E-state index in [1.807, 2.05) is 44.2 Å². The highest BCUT2D eigenvalue weighted by Gasteiger charge is 2.03. The first-order valence-electron chi connectivity index (χ1n) is 6.69. The lowest BCUT2D eigenvalue weighted by atomic mass is 10.1. The number of nitrogens with one attached hydrogen (secondary N) is 2. The Hall–Kier alpha value is -2.23. The Morgan fingerprint density at radius 1 is 1.15 bits per heavy atom. The lowest BCUT2D eigenvalue weighted by Crippen LogP contribution is -2.39. The van der Waals surface area contributed by atoms with Crippen molar-refractivity contribution in [3.8, 4) is 5.75 Å². The third-order valence-corrected chi connectivity index (χ3v) is 2.98. The lowest BCUT2D eigenvalue weighted by molar-refractivity contribution is 0.238. The third kappa shape index (κ3) is 3.63. The van der Waals surface area contributed by atoms with Crippen LogP contribution in [0.5, 0.6) is 5.75 Å². The number of benzene rings is 2. The van der Waals surface area contributed by atoms with Crippen LogP contribution in [0.2, 0.25) is 0 Å². The minimum Gasteiger partial charge on any atom is -0.497 e. The van der Waals surface area contributed by atoms with Crippen LogP contribution in [-0.2, 0) is 6.54 Å². The fraction of sp³-hybridized carbons (Fsp3) is 0.312. The molecule has 0 radical (unpaired) electrons. The van der Waals surface area contributed by atoms with E-state index in [0.717, 1.165) is 22.1 Å². The fourth-order valence-corrected chi connectivity index (χ4v) is 2.01. The first kappa shape index (κ1) is 14.2. The molecule has 0 atom stereocenters. The second-order valence-corrected chi connectivity index (χ2v) is 5.03. The Balaban J connectivity index is 2.06. The number of carbonyl (C=O) groups is 1. The van der Waals surface area contributed by atoms with Crippen LogP contribution in [-0.4, -0.2) is 19.2 Å². The van der Waals surface area contributed by atoms with Crippen molar-refractivity contribution in [2.75, 3.05) is 7.11 Å². The van der Waals surface area contributed by atoms with Crippen molar-refractivity contribution in [2.45, 2.75) is 26.4 Å². The van der Waals surface area contributed by atoms with Crippen molar-refractivity contribution < 1.29 is 9.53 Å². The molecule has 0 saturated heterocycles. The molecule has 0 aromatic heterocycles. The molecule has 0 aliphatic carbocycles. The van der Waals surface area contributed by atoms with Gasteiger partial charge < -0.3 is 15.4 Å². The van der Waals surface area contributed by atoms with E-state index in [9.17, 15) is 4.79 Å². The number of amides is 2. The first-order valence-corrected chi connectivity index (χ1v) is 6.69. The second-order valence-electron chi connectivity index (χ2n) is 5.03. The molecule has 0 bridgehead atoms. The summed E-state index contributed by atoms with van der Waals surface area (Å²) in [4.78, 5) is 11.5. The van der Waals surface area contributed by atoms with E-state index >= 15 is 0 Å². The fourth-order valence-electron chi connectivity index (χ4n) is 2.01. The number of ether oxygens (including phenoxy) is 1. The van der Waals surface area contributed by atoms with Crippen LogP contribution in [0.25, 0.3) is 10.8 Å². The number of hydrogen-bond donors (Lipinski definition) is 2. The van der Waals surface area contributed by atoms with Crippen LogP contribution in [0.4, 0.5) is 4.79 Å². The van der Waals surface area contributed by atoms with Gasteiger partial charge in [-0.2, -0.15) is 0 Å². The van der Waals surface area contributed by atoms with Crippen LogP contribution >= 0.6 is 0 Å². The normalized spacial score (nSPS) is 10.6. The number of methoxy groups -OCH3 is 1. The van der Waals surface area contributed by atoms with E-state index in [2.05, 4.69) is 16.7 Å². The molecule has 0 saturated carbocycles. The van der Waals surface area contributed by atoms with Crippen molar-refractivity contribution in [1.29, 1.82) is 0 Å². The predicted molar refractivity (Wildman–Crippen MR) is 81.0 cm³/mol. The highest BCUT2D eigenvalue weighted by atomic mass is 16.5. The highest BCUT2D eigenvalue weighted by molar-refractivity contribution is 5.84. The topological polar surface area (TPSA) is 50.4 Å². The maximum Gasteiger partial charge on any atom is 0.315 e. The maximum absolute atomic E-state index is 11.5. The van der Waals surface area contributed by atoms with Gasteiger partial charge in [0.05, 0.1) is 7.11 Å². The molecule has 4 heteroatoms. The average Bonchev–Trinajstić information content (AvgIpc) is 2.43. The third-order valence-electron chi connectivity index (χ3n) is 2.98. The molecule has 2 amide bonds. The van der Waals surface area contributed by atoms with E-state index in [0.29, 0.717) is 6.54 Å². The molecule has 0 fully saturated rings. The molecule has 4 nitrogen and oxygen atoms in total. The predicted octanol–water partition coefficient (Wildman–Crippen LogP) is 3.06. The zero-order chi connectivity index (χ0) is 14.5. The van der Waals surface area contributed by atoms with Gasteiger partial charge in [0.1, 0.15) is 5.75 Å². The Morgan fingerprint density at radius 3 is 2.55 bits per heavy atom. The Bertz CT molecular complexity index is 608. The number of rotatable bonds is 4. The van der Waals surface area contributed by atoms with Crippen LogP contribution in [0.1, 0.15) is 19.4 Å². The molecule has 0 heterocycles. The molecule has 0 unspecified atom stereocenters. The van der Waals surface area contributed by atoms with E-state index in [-0.39, 0.29) is 12.1 Å². The van der Waals surface area contributed by atoms with E-state index in [4.69, 9.17) is 4.74 Å². The lowest BCUT2D eigenvalue weighted by Gasteiger charge is -2.10. The van der Waals surface area contributed by atoms with Gasteiger partial charge in [-0.05, 0) is 48.4 Å². The molecule has 2 aromatic rings. The van der Waals surface area contributed by atoms with Gasteiger partial charge in [-0.25, -0.2) is 4.79 Å². The summed E-state index contributed by atoms with van der Waals surface area (Å²) in [6.07, 6.45) is 0. The zero-order valence-electron chi connectivity index (χ0n) is 12.1. The van der Waals surface area contributed by atoms with Crippen molar-refractivity contribution in [2.24, 2.45) is 0 Å². The van der Waals surface area contributed by atoms with Gasteiger partial charge in [-0.1, -0.05) is 18.2 Å². The molecule has 106 valence electrons. The maximum atomic E-state index is 11.5. The van der Waals surface area contributed by atoms with Crippen molar-refractivity contribution in [1.82, 2.24) is 10.6 Å². The molecule has 20 heavy (non-hydrogen) atoms. The van der Waals surface area contributed by atoms with Gasteiger partial charge in [0, 0.05) is 12.6 Å². The quantitative estimate of drug-likeness (QED) is 0.898. The number of carbonyl (C=O) groups excluding carboxylic acids is 1. The Labute approximate surface area is 119 Å². The molecule has 2 rings (SSSR count). The Morgan fingerprint density at radius 2 is 1.85 bits per heavy atom. The van der Waals surface area contributed by atoms with E-state index in [1.54, 1.807) is 7.11 Å². The Kier molecular flexibility index (Phi) is 4.45. The summed E-state index contributed by atoms with van der Waals surface area (Å²) in [7, 11) is 1.66. The summed E-state index contributed by atoms with van der Waals surface area (Å²) in [5.41, 5.74) is 1.07. The summed E-state index contributed by atoms with van der Waals surface area (Å²) in [5, 5.41) is 7.90. The van der Waals surface area contributed by atoms with Crippen LogP contribution in [0, 0.1) is 0 Å². The monoisotopic (exact) mass is 272 g/mol. The van der Waals surface area contributed by atoms with Crippen molar-refractivity contribution in [3.05, 3.63) is 42.0 Å². The summed E-state index contributed by atoms with van der Waals surface area (Å²) in [6, 6.07) is 12.1. The standard InChI is InChI=1S/C16H20N2O2/c1-11(2)18-16(19)17-10-12-4-5-14-9-15(20-3)7-6-13(14)8-12/h4-9,11H,10H2,1-3H3,(H2,17,18,19). The van der Waals surface area contributed by atoms with Crippen molar-refractivity contribution in [3.63, 3.8) is 0 Å². The average molecular weight is 272 g/mol. The van der Waals surface area contributed by atoms with E-state index < -0.39 is 0 Å². The van der Waals surface area contributed by atoms with Crippen LogP contribution in [0.15, 0.2) is 36.4 Å². The van der Waals surface area contributed by atoms with Crippen molar-refractivity contribution >= 4 is 16.8 Å². The zero-order valence-corrected chi connectivity index (χ0v) is 12.1. The second kappa shape index (κ2) is 6.28. The summed E-state index contributed by atoms with van der Waals surface area (Å²) >= 11 is 0. The molecular weight excluding hydrogens is 252 g/mol. The summed E-state index contributed by atoms with van der Waals surface area (Å²) < 4.78 is 5.20. The van der Waals surface area contributed by atoms with Crippen LogP contribution in [0.3, 0.4) is 0 Å². The molecule has 0 aliphatic heterocycles. The van der Waals surface area contributed by atoms with Gasteiger partial charge in [0.15, 0.2) is 0 Å². The molecule has 2 N–H and O–H groups in total. The van der Waals surface area contributed by atoms with Gasteiger partial charge in [-0.3, -0.25) is 0 Å². The number of fused-ring (bicyclic) bond motifs is 1. The van der Waals surface area contributed by atoms with Gasteiger partial charge in [0.25, 0.3) is 0 Å². The highest BCUT2D eigenvalue weighted by Crippen LogP contribution is 2.21. The van der Waals surface area contributed by atoms with Gasteiger partial charge in [-0.15, -0.1) is 0 Å². The van der Waals surface area contributed by atoms with Gasteiger partial charge >= 0.3 is 6.03 Å². The molecule has 2 aromatic carbocycles. The van der Waals surface area contributed by atoms with Crippen LogP contribution < -0.4 is 15.4 Å². The smallest absolute Gasteiger partial charge is 0.315 e. The van der Waals surface area contributed by atoms with Gasteiger partial charge in [0.2, 0.25) is 0 Å². The minimum absolute atomic E-state index is 0.138. The number of urea groups is 1. The molecule has 0 spiro atoms. The van der Waals surface area contributed by atoms with E-state index in [1.165, 1.54) is 0 Å². The molecule has 0 aliphatic rings. The minimum atomic E-state index is -0.144. The number of hydrogen-bond acceptors (Lipinski definition) is 2. The largest absolute Gasteiger partial charge is 0.497 e. The SMILES string of the molecule is COc1ccc2cc(CNC(=O)NC(C)C)ccc2c1.